The summed E-state index contributed by atoms with van der Waals surface area (Å²) in [6, 6.07) is 5.75. The Balaban J connectivity index is 1.67. The van der Waals surface area contributed by atoms with Crippen molar-refractivity contribution in [2.75, 3.05) is 5.32 Å². The topological polar surface area (TPSA) is 80.9 Å². The minimum absolute atomic E-state index is 0.0837. The number of oxazole rings is 1. The van der Waals surface area contributed by atoms with Gasteiger partial charge in [0, 0.05) is 12.0 Å². The van der Waals surface area contributed by atoms with Crippen LogP contribution in [0.2, 0.25) is 0 Å². The molecular formula is C16H15FN4O2S. The fraction of sp³-hybridized carbons (Fsp3) is 0.250. The summed E-state index contributed by atoms with van der Waals surface area (Å²) in [6.07, 6.45) is 4.37. The number of amides is 1. The van der Waals surface area contributed by atoms with E-state index in [0.29, 0.717) is 16.5 Å². The summed E-state index contributed by atoms with van der Waals surface area (Å²) in [5, 5.41) is 11.9. The minimum atomic E-state index is -0.499. The Morgan fingerprint density at radius 2 is 2.08 bits per heavy atom. The molecule has 0 saturated heterocycles. The van der Waals surface area contributed by atoms with Crippen molar-refractivity contribution in [3.05, 3.63) is 47.2 Å². The highest BCUT2D eigenvalue weighted by molar-refractivity contribution is 7.15. The lowest BCUT2D eigenvalue weighted by Gasteiger charge is -1.97. The largest absolute Gasteiger partial charge is 0.432 e. The van der Waals surface area contributed by atoms with Gasteiger partial charge in [0.2, 0.25) is 5.13 Å². The van der Waals surface area contributed by atoms with Crippen LogP contribution in [0.5, 0.6) is 0 Å². The molecule has 0 aliphatic rings. The molecule has 3 rings (SSSR count). The van der Waals surface area contributed by atoms with Crippen molar-refractivity contribution >= 4 is 22.4 Å². The molecule has 24 heavy (non-hydrogen) atoms. The van der Waals surface area contributed by atoms with Crippen LogP contribution in [-0.4, -0.2) is 21.1 Å². The smallest absolute Gasteiger partial charge is 0.313 e. The minimum Gasteiger partial charge on any atom is -0.432 e. The molecule has 6 nitrogen and oxygen atoms in total. The summed E-state index contributed by atoms with van der Waals surface area (Å²) < 4.78 is 18.4. The summed E-state index contributed by atoms with van der Waals surface area (Å²) >= 11 is 1.34. The molecule has 0 atom stereocenters. The number of carbonyl (C=O) groups is 1. The second kappa shape index (κ2) is 7.31. The summed E-state index contributed by atoms with van der Waals surface area (Å²) in [6.45, 7) is 2.10. The molecule has 0 bridgehead atoms. The predicted molar refractivity (Wildman–Crippen MR) is 88.4 cm³/mol. The van der Waals surface area contributed by atoms with E-state index in [0.717, 1.165) is 24.3 Å². The van der Waals surface area contributed by atoms with Gasteiger partial charge in [-0.25, -0.2) is 9.37 Å². The molecular weight excluding hydrogens is 331 g/mol. The average Bonchev–Trinajstić information content (AvgIpc) is 3.23. The molecule has 1 N–H and O–H groups in total. The van der Waals surface area contributed by atoms with Crippen LogP contribution >= 0.6 is 11.3 Å². The maximum absolute atomic E-state index is 12.9. The van der Waals surface area contributed by atoms with Crippen LogP contribution in [0.4, 0.5) is 9.52 Å². The summed E-state index contributed by atoms with van der Waals surface area (Å²) in [5.74, 6) is -0.534. The van der Waals surface area contributed by atoms with Crippen molar-refractivity contribution < 1.29 is 13.6 Å². The van der Waals surface area contributed by atoms with Crippen LogP contribution in [0.25, 0.3) is 11.3 Å². The van der Waals surface area contributed by atoms with Gasteiger partial charge in [0.15, 0.2) is 5.76 Å². The van der Waals surface area contributed by atoms with Gasteiger partial charge in [-0.2, -0.15) is 0 Å². The zero-order chi connectivity index (χ0) is 16.9. The van der Waals surface area contributed by atoms with Crippen LogP contribution < -0.4 is 5.32 Å². The van der Waals surface area contributed by atoms with E-state index in [-0.39, 0.29) is 11.7 Å². The van der Waals surface area contributed by atoms with E-state index in [1.807, 2.05) is 0 Å². The van der Waals surface area contributed by atoms with Crippen LogP contribution in [0.3, 0.4) is 0 Å². The monoisotopic (exact) mass is 346 g/mol. The number of nitrogens with zero attached hydrogens (tertiary/aromatic N) is 3. The highest BCUT2D eigenvalue weighted by Crippen LogP contribution is 2.22. The molecule has 8 heteroatoms. The van der Waals surface area contributed by atoms with Crippen LogP contribution in [0.15, 0.2) is 34.9 Å². The molecule has 0 saturated carbocycles. The first kappa shape index (κ1) is 16.3. The Morgan fingerprint density at radius 3 is 2.83 bits per heavy atom. The number of rotatable bonds is 6. The van der Waals surface area contributed by atoms with E-state index in [1.165, 1.54) is 29.7 Å². The van der Waals surface area contributed by atoms with Gasteiger partial charge in [-0.15, -0.1) is 10.2 Å². The molecule has 0 aliphatic carbocycles. The molecule has 0 aliphatic heterocycles. The normalized spacial score (nSPS) is 10.8. The maximum atomic E-state index is 12.9. The zero-order valence-electron chi connectivity index (χ0n) is 13.0. The molecule has 0 unspecified atom stereocenters. The molecule has 1 amide bonds. The van der Waals surface area contributed by atoms with E-state index in [4.69, 9.17) is 4.42 Å². The SMILES string of the molecule is CCCCc1nnc(NC(=O)c2ncc(-c3ccc(F)cc3)o2)s1. The molecule has 1 aromatic carbocycles. The second-order valence-corrected chi connectivity index (χ2v) is 6.16. The zero-order valence-corrected chi connectivity index (χ0v) is 13.8. The molecule has 0 fully saturated rings. The first-order chi connectivity index (χ1) is 11.7. The number of halogens is 1. The van der Waals surface area contributed by atoms with E-state index < -0.39 is 5.91 Å². The van der Waals surface area contributed by atoms with Gasteiger partial charge in [-0.1, -0.05) is 24.7 Å². The van der Waals surface area contributed by atoms with E-state index in [2.05, 4.69) is 27.4 Å². The summed E-state index contributed by atoms with van der Waals surface area (Å²) in [7, 11) is 0. The average molecular weight is 346 g/mol. The van der Waals surface area contributed by atoms with Gasteiger partial charge < -0.3 is 4.42 Å². The highest BCUT2D eigenvalue weighted by atomic mass is 32.1. The van der Waals surface area contributed by atoms with Gasteiger partial charge in [0.05, 0.1) is 6.20 Å². The predicted octanol–water partition coefficient (Wildman–Crippen LogP) is 3.93. The Morgan fingerprint density at radius 1 is 1.29 bits per heavy atom. The molecule has 0 spiro atoms. The van der Waals surface area contributed by atoms with E-state index in [9.17, 15) is 9.18 Å². The number of unbranched alkanes of at least 4 members (excludes halogenated alkanes) is 1. The highest BCUT2D eigenvalue weighted by Gasteiger charge is 2.16. The first-order valence-corrected chi connectivity index (χ1v) is 8.33. The Kier molecular flexibility index (Phi) is 4.95. The fourth-order valence-electron chi connectivity index (χ4n) is 2.01. The van der Waals surface area contributed by atoms with Crippen molar-refractivity contribution in [3.63, 3.8) is 0 Å². The Labute approximate surface area is 141 Å². The summed E-state index contributed by atoms with van der Waals surface area (Å²) in [5.41, 5.74) is 0.640. The quantitative estimate of drug-likeness (QED) is 0.731. The molecule has 2 heterocycles. The lowest BCUT2D eigenvalue weighted by atomic mass is 10.2. The van der Waals surface area contributed by atoms with Crippen LogP contribution in [0, 0.1) is 5.82 Å². The fourth-order valence-corrected chi connectivity index (χ4v) is 2.79. The number of aryl methyl sites for hydroxylation is 1. The van der Waals surface area contributed by atoms with Crippen molar-refractivity contribution in [2.24, 2.45) is 0 Å². The number of aromatic nitrogens is 3. The van der Waals surface area contributed by atoms with Crippen molar-refractivity contribution in [1.82, 2.24) is 15.2 Å². The number of benzene rings is 1. The molecule has 3 aromatic rings. The third kappa shape index (κ3) is 3.83. The number of nitrogens with one attached hydrogen (secondary N) is 1. The third-order valence-corrected chi connectivity index (χ3v) is 4.16. The maximum Gasteiger partial charge on any atom is 0.313 e. The number of anilines is 1. The van der Waals surface area contributed by atoms with Gasteiger partial charge in [-0.05, 0) is 30.7 Å². The van der Waals surface area contributed by atoms with Crippen molar-refractivity contribution in [1.29, 1.82) is 0 Å². The standard InChI is InChI=1S/C16H15FN4O2S/c1-2-3-4-13-20-21-16(24-13)19-14(22)15-18-9-12(23-15)10-5-7-11(17)8-6-10/h5-9H,2-4H2,1H3,(H,19,21,22). The second-order valence-electron chi connectivity index (χ2n) is 5.10. The van der Waals surface area contributed by atoms with Gasteiger partial charge in [0.25, 0.3) is 5.89 Å². The third-order valence-electron chi connectivity index (χ3n) is 3.26. The summed E-state index contributed by atoms with van der Waals surface area (Å²) in [4.78, 5) is 16.1. The Hall–Kier alpha value is -2.61. The first-order valence-electron chi connectivity index (χ1n) is 7.51. The van der Waals surface area contributed by atoms with Gasteiger partial charge in [0.1, 0.15) is 10.8 Å². The van der Waals surface area contributed by atoms with Crippen molar-refractivity contribution in [3.8, 4) is 11.3 Å². The molecule has 0 radical (unpaired) electrons. The number of hydrogen-bond donors (Lipinski definition) is 1. The lowest BCUT2D eigenvalue weighted by molar-refractivity contribution is 0.0991. The Bertz CT molecular complexity index is 829. The lowest BCUT2D eigenvalue weighted by Crippen LogP contribution is -2.11. The number of hydrogen-bond acceptors (Lipinski definition) is 6. The van der Waals surface area contributed by atoms with E-state index >= 15 is 0 Å². The molecule has 2 aromatic heterocycles. The molecule has 124 valence electrons. The van der Waals surface area contributed by atoms with Crippen LogP contribution in [0.1, 0.15) is 35.5 Å². The van der Waals surface area contributed by atoms with E-state index in [1.54, 1.807) is 12.1 Å². The number of carbonyl (C=O) groups excluding carboxylic acids is 1. The van der Waals surface area contributed by atoms with Crippen molar-refractivity contribution in [2.45, 2.75) is 26.2 Å². The van der Waals surface area contributed by atoms with Gasteiger partial charge >= 0.3 is 5.91 Å². The van der Waals surface area contributed by atoms with Crippen LogP contribution in [-0.2, 0) is 6.42 Å². The van der Waals surface area contributed by atoms with Gasteiger partial charge in [-0.3, -0.25) is 10.1 Å².